The number of fused-ring (bicyclic) bond motifs is 1. The van der Waals surface area contributed by atoms with E-state index in [1.807, 2.05) is 6.92 Å². The van der Waals surface area contributed by atoms with Crippen LogP contribution in [0.1, 0.15) is 45.4 Å². The SMILES string of the molecule is CCC1(OC(=O)C2C3CC4C(OC(=O)C42)C3OCC(F)(F)S(=O)(=O)O)CCCC1. The molecule has 1 heterocycles. The molecule has 0 aromatic heterocycles. The predicted octanol–water partition coefficient (Wildman–Crippen LogP) is 1.93. The molecule has 6 unspecified atom stereocenters. The highest BCUT2D eigenvalue weighted by molar-refractivity contribution is 7.86. The number of ether oxygens (including phenoxy) is 3. The molecule has 4 rings (SSSR count). The van der Waals surface area contributed by atoms with Gasteiger partial charge >= 0.3 is 27.3 Å². The van der Waals surface area contributed by atoms with Crippen molar-refractivity contribution in [3.8, 4) is 0 Å². The summed E-state index contributed by atoms with van der Waals surface area (Å²) in [6, 6.07) is 0. The van der Waals surface area contributed by atoms with E-state index < -0.39 is 69.5 Å². The van der Waals surface area contributed by atoms with E-state index in [9.17, 15) is 26.8 Å². The third kappa shape index (κ3) is 3.25. The molecule has 29 heavy (non-hydrogen) atoms. The summed E-state index contributed by atoms with van der Waals surface area (Å²) in [6.07, 6.45) is 2.56. The van der Waals surface area contributed by atoms with E-state index in [0.29, 0.717) is 12.8 Å². The Bertz CT molecular complexity index is 807. The monoisotopic (exact) mass is 438 g/mol. The highest BCUT2D eigenvalue weighted by Crippen LogP contribution is 2.59. The summed E-state index contributed by atoms with van der Waals surface area (Å²) in [7, 11) is -5.65. The first-order valence-corrected chi connectivity index (χ1v) is 11.3. The summed E-state index contributed by atoms with van der Waals surface area (Å²) < 4.78 is 73.8. The van der Waals surface area contributed by atoms with Crippen molar-refractivity contribution in [2.75, 3.05) is 6.61 Å². The number of alkyl halides is 2. The van der Waals surface area contributed by atoms with Crippen molar-refractivity contribution in [3.05, 3.63) is 0 Å². The lowest BCUT2D eigenvalue weighted by atomic mass is 9.78. The summed E-state index contributed by atoms with van der Waals surface area (Å²) in [4.78, 5) is 25.4. The van der Waals surface area contributed by atoms with Gasteiger partial charge in [0.15, 0.2) is 0 Å². The van der Waals surface area contributed by atoms with E-state index in [1.165, 1.54) is 0 Å². The molecule has 4 fully saturated rings. The predicted molar refractivity (Wildman–Crippen MR) is 92.3 cm³/mol. The Kier molecular flexibility index (Phi) is 4.94. The maximum atomic E-state index is 13.6. The lowest BCUT2D eigenvalue weighted by Crippen LogP contribution is -2.46. The maximum absolute atomic E-state index is 13.6. The Morgan fingerprint density at radius 1 is 1.31 bits per heavy atom. The Labute approximate surface area is 167 Å². The molecule has 4 aliphatic rings. The van der Waals surface area contributed by atoms with Crippen LogP contribution < -0.4 is 0 Å². The summed E-state index contributed by atoms with van der Waals surface area (Å²) >= 11 is 0. The minimum Gasteiger partial charge on any atom is -0.459 e. The van der Waals surface area contributed by atoms with Gasteiger partial charge in [-0.15, -0.1) is 0 Å². The van der Waals surface area contributed by atoms with E-state index in [-0.39, 0.29) is 5.92 Å². The molecular formula is C18H24F2O8S. The van der Waals surface area contributed by atoms with Crippen molar-refractivity contribution in [1.29, 1.82) is 0 Å². The summed E-state index contributed by atoms with van der Waals surface area (Å²) in [6.45, 7) is 0.349. The molecule has 1 saturated heterocycles. The van der Waals surface area contributed by atoms with Crippen molar-refractivity contribution in [2.45, 2.75) is 68.5 Å². The summed E-state index contributed by atoms with van der Waals surface area (Å²) in [5.41, 5.74) is -0.560. The number of halogens is 2. The first-order valence-electron chi connectivity index (χ1n) is 9.89. The van der Waals surface area contributed by atoms with Crippen LogP contribution in [0.3, 0.4) is 0 Å². The van der Waals surface area contributed by atoms with Gasteiger partial charge in [0, 0.05) is 11.8 Å². The minimum absolute atomic E-state index is 0.351. The Morgan fingerprint density at radius 2 is 1.97 bits per heavy atom. The second-order valence-corrected chi connectivity index (χ2v) is 10.1. The fourth-order valence-corrected chi connectivity index (χ4v) is 5.85. The molecule has 11 heteroatoms. The summed E-state index contributed by atoms with van der Waals surface area (Å²) in [5.74, 6) is -3.60. The molecule has 0 aromatic rings. The van der Waals surface area contributed by atoms with Crippen molar-refractivity contribution in [1.82, 2.24) is 0 Å². The van der Waals surface area contributed by atoms with Crippen molar-refractivity contribution in [2.24, 2.45) is 23.7 Å². The number of hydrogen-bond acceptors (Lipinski definition) is 7. The molecule has 3 aliphatic carbocycles. The molecule has 3 saturated carbocycles. The lowest BCUT2D eigenvalue weighted by Gasteiger charge is -2.34. The number of esters is 2. The van der Waals surface area contributed by atoms with E-state index in [0.717, 1.165) is 25.7 Å². The smallest absolute Gasteiger partial charge is 0.392 e. The average molecular weight is 438 g/mol. The van der Waals surface area contributed by atoms with Crippen LogP contribution >= 0.6 is 0 Å². The Morgan fingerprint density at radius 3 is 2.55 bits per heavy atom. The fraction of sp³-hybridized carbons (Fsp3) is 0.889. The van der Waals surface area contributed by atoms with E-state index >= 15 is 0 Å². The van der Waals surface area contributed by atoms with E-state index in [1.54, 1.807) is 0 Å². The van der Waals surface area contributed by atoms with Crippen LogP contribution in [-0.2, 0) is 33.9 Å². The first kappa shape index (κ1) is 20.9. The highest BCUT2D eigenvalue weighted by Gasteiger charge is 2.70. The Balaban J connectivity index is 1.52. The number of carbonyl (C=O) groups is 2. The van der Waals surface area contributed by atoms with Gasteiger partial charge < -0.3 is 14.2 Å². The fourth-order valence-electron chi connectivity index (χ4n) is 5.63. The zero-order valence-electron chi connectivity index (χ0n) is 15.9. The van der Waals surface area contributed by atoms with Gasteiger partial charge in [0.1, 0.15) is 18.3 Å². The summed E-state index contributed by atoms with van der Waals surface area (Å²) in [5, 5.41) is -4.50. The molecule has 8 nitrogen and oxygen atoms in total. The molecule has 0 spiro atoms. The largest absolute Gasteiger partial charge is 0.459 e. The molecule has 1 N–H and O–H groups in total. The van der Waals surface area contributed by atoms with Gasteiger partial charge in [-0.25, -0.2) is 0 Å². The van der Waals surface area contributed by atoms with Gasteiger partial charge in [-0.2, -0.15) is 17.2 Å². The highest BCUT2D eigenvalue weighted by atomic mass is 32.2. The van der Waals surface area contributed by atoms with Gasteiger partial charge in [0.05, 0.1) is 17.9 Å². The topological polar surface area (TPSA) is 116 Å². The number of rotatable bonds is 7. The van der Waals surface area contributed by atoms with Crippen molar-refractivity contribution >= 4 is 22.1 Å². The number of hydrogen-bond donors (Lipinski definition) is 1. The average Bonchev–Trinajstić information content (AvgIpc) is 3.35. The normalized spacial score (nSPS) is 37.7. The lowest BCUT2D eigenvalue weighted by molar-refractivity contribution is -0.173. The minimum atomic E-state index is -5.65. The van der Waals surface area contributed by atoms with E-state index in [4.69, 9.17) is 18.8 Å². The van der Waals surface area contributed by atoms with Crippen molar-refractivity contribution < 1.29 is 45.6 Å². The van der Waals surface area contributed by atoms with Gasteiger partial charge in [-0.05, 0) is 38.5 Å². The maximum Gasteiger partial charge on any atom is 0.392 e. The van der Waals surface area contributed by atoms with Crippen LogP contribution in [0.15, 0.2) is 0 Å². The second kappa shape index (κ2) is 6.84. The molecule has 0 amide bonds. The zero-order valence-corrected chi connectivity index (χ0v) is 16.7. The quantitative estimate of drug-likeness (QED) is 0.473. The molecule has 2 bridgehead atoms. The van der Waals surface area contributed by atoms with Gasteiger partial charge in [-0.1, -0.05) is 6.92 Å². The van der Waals surface area contributed by atoms with Crippen LogP contribution in [0, 0.1) is 23.7 Å². The van der Waals surface area contributed by atoms with Gasteiger partial charge in [-0.3, -0.25) is 14.1 Å². The van der Waals surface area contributed by atoms with Crippen LogP contribution in [-0.4, -0.2) is 54.6 Å². The van der Waals surface area contributed by atoms with Gasteiger partial charge in [0.25, 0.3) is 0 Å². The standard InChI is InChI=1S/C18H24F2O8S/c1-2-17(5-3-4-6-17)28-16(22)12-9-7-10-11(12)15(21)27-14(10)13(9)26-8-18(19,20)29(23,24)25/h9-14H,2-8H2,1H3,(H,23,24,25). The van der Waals surface area contributed by atoms with Crippen LogP contribution in [0.25, 0.3) is 0 Å². The van der Waals surface area contributed by atoms with Crippen molar-refractivity contribution in [3.63, 3.8) is 0 Å². The third-order valence-electron chi connectivity index (χ3n) is 7.12. The first-order chi connectivity index (χ1) is 13.5. The number of carbonyl (C=O) groups excluding carboxylic acids is 2. The molecular weight excluding hydrogens is 414 g/mol. The second-order valence-electron chi connectivity index (χ2n) is 8.57. The molecule has 1 aliphatic heterocycles. The molecule has 164 valence electrons. The van der Waals surface area contributed by atoms with Crippen LogP contribution in [0.2, 0.25) is 0 Å². The molecule has 6 atom stereocenters. The van der Waals surface area contributed by atoms with Crippen LogP contribution in [0.5, 0.6) is 0 Å². The molecule has 0 aromatic carbocycles. The Hall–Kier alpha value is -1.33. The third-order valence-corrected chi connectivity index (χ3v) is 7.99. The van der Waals surface area contributed by atoms with E-state index in [2.05, 4.69) is 0 Å². The van der Waals surface area contributed by atoms with Gasteiger partial charge in [0.2, 0.25) is 0 Å². The van der Waals surface area contributed by atoms with Crippen LogP contribution in [0.4, 0.5) is 8.78 Å². The zero-order chi connectivity index (χ0) is 21.2. The molecule has 0 radical (unpaired) electrons.